The second kappa shape index (κ2) is 10.5. The summed E-state index contributed by atoms with van der Waals surface area (Å²) in [7, 11) is 0. The molecular formula is C24H28Cl2N2O3. The van der Waals surface area contributed by atoms with Gasteiger partial charge in [0, 0.05) is 30.2 Å². The molecule has 2 aromatic carbocycles. The van der Waals surface area contributed by atoms with Crippen molar-refractivity contribution < 1.29 is 14.3 Å². The molecule has 1 heterocycles. The van der Waals surface area contributed by atoms with Crippen LogP contribution in [0.3, 0.4) is 0 Å². The quantitative estimate of drug-likeness (QED) is 0.630. The molecule has 0 radical (unpaired) electrons. The maximum absolute atomic E-state index is 13.1. The van der Waals surface area contributed by atoms with Crippen LogP contribution in [0, 0.1) is 5.92 Å². The number of ether oxygens (including phenoxy) is 1. The van der Waals surface area contributed by atoms with Gasteiger partial charge < -0.3 is 15.4 Å². The lowest BCUT2D eigenvalue weighted by Crippen LogP contribution is -2.53. The molecule has 2 N–H and O–H groups in total. The predicted molar refractivity (Wildman–Crippen MR) is 124 cm³/mol. The first kappa shape index (κ1) is 23.6. The number of amides is 2. The standard InChI is InChI=1S/C24H28Cl2N2O3/c1-16(2)21(28-22(29)19-5-3-4-6-20(19)26)23(30)27-15-24(11-13-31-14-12-24)17-7-9-18(25)10-8-17/h3-10,16,21H,11-15H2,1-2H3,(H,27,30)(H,28,29). The number of benzene rings is 2. The summed E-state index contributed by atoms with van der Waals surface area (Å²) >= 11 is 12.2. The third kappa shape index (κ3) is 5.79. The summed E-state index contributed by atoms with van der Waals surface area (Å²) < 4.78 is 5.57. The van der Waals surface area contributed by atoms with Crippen molar-refractivity contribution >= 4 is 35.0 Å². The molecule has 0 aromatic heterocycles. The molecule has 5 nitrogen and oxygen atoms in total. The molecule has 2 aromatic rings. The van der Waals surface area contributed by atoms with E-state index in [1.54, 1.807) is 24.3 Å². The predicted octanol–water partition coefficient (Wildman–Crippen LogP) is 4.61. The van der Waals surface area contributed by atoms with Gasteiger partial charge in [-0.05, 0) is 48.6 Å². The van der Waals surface area contributed by atoms with Gasteiger partial charge in [-0.2, -0.15) is 0 Å². The molecule has 1 aliphatic heterocycles. The summed E-state index contributed by atoms with van der Waals surface area (Å²) in [5, 5.41) is 6.96. The molecule has 7 heteroatoms. The van der Waals surface area contributed by atoms with E-state index < -0.39 is 6.04 Å². The molecule has 0 spiro atoms. The van der Waals surface area contributed by atoms with Crippen molar-refractivity contribution in [1.82, 2.24) is 10.6 Å². The minimum Gasteiger partial charge on any atom is -0.381 e. The largest absolute Gasteiger partial charge is 0.381 e. The first-order valence-corrected chi connectivity index (χ1v) is 11.2. The maximum Gasteiger partial charge on any atom is 0.253 e. The number of hydrogen-bond donors (Lipinski definition) is 2. The molecule has 1 unspecified atom stereocenters. The molecule has 1 atom stereocenters. The SMILES string of the molecule is CC(C)C(NC(=O)c1ccccc1Cl)C(=O)NCC1(c2ccc(Cl)cc2)CCOCC1. The van der Waals surface area contributed by atoms with E-state index in [9.17, 15) is 9.59 Å². The lowest BCUT2D eigenvalue weighted by molar-refractivity contribution is -0.124. The summed E-state index contributed by atoms with van der Waals surface area (Å²) in [5.74, 6) is -0.666. The Morgan fingerprint density at radius 3 is 2.29 bits per heavy atom. The third-order valence-corrected chi connectivity index (χ3v) is 6.44. The van der Waals surface area contributed by atoms with Crippen LogP contribution in [0.4, 0.5) is 0 Å². The highest BCUT2D eigenvalue weighted by atomic mass is 35.5. The molecule has 1 fully saturated rings. The van der Waals surface area contributed by atoms with Crippen LogP contribution in [-0.4, -0.2) is 37.6 Å². The summed E-state index contributed by atoms with van der Waals surface area (Å²) in [6, 6.07) is 13.9. The highest BCUT2D eigenvalue weighted by Crippen LogP contribution is 2.35. The second-order valence-corrected chi connectivity index (χ2v) is 9.14. The molecule has 31 heavy (non-hydrogen) atoms. The Morgan fingerprint density at radius 1 is 1.03 bits per heavy atom. The topological polar surface area (TPSA) is 67.4 Å². The summed E-state index contributed by atoms with van der Waals surface area (Å²) in [6.45, 7) is 5.54. The van der Waals surface area contributed by atoms with Crippen molar-refractivity contribution in [3.8, 4) is 0 Å². The Labute approximate surface area is 193 Å². The van der Waals surface area contributed by atoms with Crippen LogP contribution >= 0.6 is 23.2 Å². The van der Waals surface area contributed by atoms with Gasteiger partial charge in [-0.15, -0.1) is 0 Å². The fraction of sp³-hybridized carbons (Fsp3) is 0.417. The zero-order chi connectivity index (χ0) is 22.4. The van der Waals surface area contributed by atoms with Crippen molar-refractivity contribution in [2.75, 3.05) is 19.8 Å². The van der Waals surface area contributed by atoms with Gasteiger partial charge in [-0.1, -0.05) is 61.3 Å². The fourth-order valence-electron chi connectivity index (χ4n) is 3.90. The minimum absolute atomic E-state index is 0.0902. The van der Waals surface area contributed by atoms with Crippen molar-refractivity contribution in [2.45, 2.75) is 38.1 Å². The van der Waals surface area contributed by atoms with Crippen LogP contribution < -0.4 is 10.6 Å². The number of hydrogen-bond acceptors (Lipinski definition) is 3. The first-order valence-electron chi connectivity index (χ1n) is 10.5. The van der Waals surface area contributed by atoms with Gasteiger partial charge in [0.25, 0.3) is 5.91 Å². The molecular weight excluding hydrogens is 435 g/mol. The smallest absolute Gasteiger partial charge is 0.253 e. The zero-order valence-electron chi connectivity index (χ0n) is 17.8. The molecule has 3 rings (SSSR count). The van der Waals surface area contributed by atoms with E-state index in [-0.39, 0.29) is 23.1 Å². The Balaban J connectivity index is 1.72. The lowest BCUT2D eigenvalue weighted by Gasteiger charge is -2.38. The van der Waals surface area contributed by atoms with Gasteiger partial charge in [-0.3, -0.25) is 9.59 Å². The Kier molecular flexibility index (Phi) is 7.98. The number of halogens is 2. The summed E-state index contributed by atoms with van der Waals surface area (Å²) in [6.07, 6.45) is 1.60. The van der Waals surface area contributed by atoms with Crippen LogP contribution in [-0.2, 0) is 14.9 Å². The number of carbonyl (C=O) groups is 2. The van der Waals surface area contributed by atoms with Gasteiger partial charge >= 0.3 is 0 Å². The van der Waals surface area contributed by atoms with E-state index in [0.29, 0.717) is 35.4 Å². The van der Waals surface area contributed by atoms with Crippen molar-refractivity contribution in [1.29, 1.82) is 0 Å². The van der Waals surface area contributed by atoms with E-state index in [0.717, 1.165) is 18.4 Å². The van der Waals surface area contributed by atoms with Crippen LogP contribution in [0.25, 0.3) is 0 Å². The Morgan fingerprint density at radius 2 is 1.68 bits per heavy atom. The van der Waals surface area contributed by atoms with E-state index in [1.807, 2.05) is 38.1 Å². The van der Waals surface area contributed by atoms with Crippen molar-refractivity contribution in [3.05, 3.63) is 69.7 Å². The van der Waals surface area contributed by atoms with Gasteiger partial charge in [0.05, 0.1) is 10.6 Å². The Hall–Kier alpha value is -2.08. The number of carbonyl (C=O) groups excluding carboxylic acids is 2. The molecule has 1 saturated heterocycles. The molecule has 166 valence electrons. The van der Waals surface area contributed by atoms with Crippen LogP contribution in [0.2, 0.25) is 10.0 Å². The van der Waals surface area contributed by atoms with Gasteiger partial charge in [0.1, 0.15) is 6.04 Å². The van der Waals surface area contributed by atoms with Crippen LogP contribution in [0.1, 0.15) is 42.6 Å². The lowest BCUT2D eigenvalue weighted by atomic mass is 9.74. The van der Waals surface area contributed by atoms with Crippen molar-refractivity contribution in [3.63, 3.8) is 0 Å². The molecule has 2 amide bonds. The third-order valence-electron chi connectivity index (χ3n) is 5.86. The molecule has 0 aliphatic carbocycles. The van der Waals surface area contributed by atoms with Crippen LogP contribution in [0.5, 0.6) is 0 Å². The van der Waals surface area contributed by atoms with E-state index in [1.165, 1.54) is 0 Å². The molecule has 1 aliphatic rings. The summed E-state index contributed by atoms with van der Waals surface area (Å²) in [4.78, 5) is 25.8. The monoisotopic (exact) mass is 462 g/mol. The first-order chi connectivity index (χ1) is 14.8. The average Bonchev–Trinajstić information content (AvgIpc) is 2.77. The zero-order valence-corrected chi connectivity index (χ0v) is 19.3. The Bertz CT molecular complexity index is 909. The molecule has 0 saturated carbocycles. The van der Waals surface area contributed by atoms with Gasteiger partial charge in [0.15, 0.2) is 0 Å². The maximum atomic E-state index is 13.1. The number of nitrogens with one attached hydrogen (secondary N) is 2. The van der Waals surface area contributed by atoms with Gasteiger partial charge in [0.2, 0.25) is 5.91 Å². The summed E-state index contributed by atoms with van der Waals surface area (Å²) in [5.41, 5.74) is 1.25. The highest BCUT2D eigenvalue weighted by Gasteiger charge is 2.36. The van der Waals surface area contributed by atoms with E-state index in [4.69, 9.17) is 27.9 Å². The van der Waals surface area contributed by atoms with Crippen LogP contribution in [0.15, 0.2) is 48.5 Å². The fourth-order valence-corrected chi connectivity index (χ4v) is 4.25. The average molecular weight is 463 g/mol. The van der Waals surface area contributed by atoms with Gasteiger partial charge in [-0.25, -0.2) is 0 Å². The normalized spacial score (nSPS) is 16.5. The highest BCUT2D eigenvalue weighted by molar-refractivity contribution is 6.33. The second-order valence-electron chi connectivity index (χ2n) is 8.29. The molecule has 0 bridgehead atoms. The number of rotatable bonds is 7. The van der Waals surface area contributed by atoms with E-state index in [2.05, 4.69) is 10.6 Å². The van der Waals surface area contributed by atoms with E-state index >= 15 is 0 Å². The van der Waals surface area contributed by atoms with Crippen molar-refractivity contribution in [2.24, 2.45) is 5.92 Å². The minimum atomic E-state index is -0.675.